The van der Waals surface area contributed by atoms with Gasteiger partial charge in [-0.2, -0.15) is 0 Å². The molecule has 0 bridgehead atoms. The lowest BCUT2D eigenvalue weighted by molar-refractivity contribution is 0.120. The van der Waals surface area contributed by atoms with Crippen molar-refractivity contribution in [3.05, 3.63) is 0 Å². The highest BCUT2D eigenvalue weighted by Gasteiger charge is 2.27. The monoisotopic (exact) mass is 214 g/mol. The van der Waals surface area contributed by atoms with Gasteiger partial charge in [-0.05, 0) is 33.4 Å². The van der Waals surface area contributed by atoms with Crippen molar-refractivity contribution in [2.45, 2.75) is 51.7 Å². The van der Waals surface area contributed by atoms with E-state index in [1.807, 2.05) is 0 Å². The first-order chi connectivity index (χ1) is 7.20. The van der Waals surface area contributed by atoms with E-state index in [4.69, 9.17) is 4.74 Å². The van der Waals surface area contributed by atoms with Crippen molar-refractivity contribution >= 4 is 0 Å². The summed E-state index contributed by atoms with van der Waals surface area (Å²) in [7, 11) is 2.23. The fourth-order valence-corrected chi connectivity index (χ4v) is 2.38. The third-order valence-electron chi connectivity index (χ3n) is 3.61. The molecule has 0 aromatic carbocycles. The second kappa shape index (κ2) is 6.46. The summed E-state index contributed by atoms with van der Waals surface area (Å²) in [5.41, 5.74) is 0. The normalized spacial score (nSPS) is 25.8. The van der Waals surface area contributed by atoms with Crippen LogP contribution in [0.1, 0.15) is 33.6 Å². The molecule has 1 saturated heterocycles. The highest BCUT2D eigenvalue weighted by molar-refractivity contribution is 4.84. The fourth-order valence-electron chi connectivity index (χ4n) is 2.38. The maximum absolute atomic E-state index is 5.44. The largest absolute Gasteiger partial charge is 0.380 e. The smallest absolute Gasteiger partial charge is 0.0622 e. The second-order valence-corrected chi connectivity index (χ2v) is 4.50. The molecule has 0 aromatic heterocycles. The van der Waals surface area contributed by atoms with Gasteiger partial charge >= 0.3 is 0 Å². The molecular weight excluding hydrogens is 188 g/mol. The second-order valence-electron chi connectivity index (χ2n) is 4.50. The van der Waals surface area contributed by atoms with Crippen LogP contribution >= 0.6 is 0 Å². The molecule has 0 saturated carbocycles. The molecule has 3 nitrogen and oxygen atoms in total. The summed E-state index contributed by atoms with van der Waals surface area (Å²) in [6.07, 6.45) is 2.37. The standard InChI is InChI=1S/C12H26N2O/c1-5-12(13-6-2)10(3)14(4)11-7-8-15-9-11/h10-13H,5-9H2,1-4H3. The van der Waals surface area contributed by atoms with Crippen LogP contribution in [0.25, 0.3) is 0 Å². The first kappa shape index (κ1) is 12.9. The number of ether oxygens (including phenoxy) is 1. The number of hydrogen-bond donors (Lipinski definition) is 1. The van der Waals surface area contributed by atoms with Gasteiger partial charge in [0.2, 0.25) is 0 Å². The molecule has 3 heteroatoms. The van der Waals surface area contributed by atoms with E-state index in [0.717, 1.165) is 19.8 Å². The summed E-state index contributed by atoms with van der Waals surface area (Å²) in [6, 6.07) is 1.80. The number of rotatable bonds is 6. The molecule has 1 heterocycles. The summed E-state index contributed by atoms with van der Waals surface area (Å²) < 4.78 is 5.44. The van der Waals surface area contributed by atoms with Crippen LogP contribution in [0, 0.1) is 0 Å². The molecule has 1 aliphatic rings. The van der Waals surface area contributed by atoms with Gasteiger partial charge in [-0.1, -0.05) is 13.8 Å². The minimum absolute atomic E-state index is 0.585. The third-order valence-corrected chi connectivity index (χ3v) is 3.61. The summed E-state index contributed by atoms with van der Waals surface area (Å²) in [6.45, 7) is 9.63. The van der Waals surface area contributed by atoms with Gasteiger partial charge in [0, 0.05) is 24.7 Å². The lowest BCUT2D eigenvalue weighted by Crippen LogP contribution is -2.50. The van der Waals surface area contributed by atoms with Crippen molar-refractivity contribution < 1.29 is 4.74 Å². The fraction of sp³-hybridized carbons (Fsp3) is 1.00. The number of hydrogen-bond acceptors (Lipinski definition) is 3. The van der Waals surface area contributed by atoms with E-state index in [1.54, 1.807) is 0 Å². The molecule has 1 N–H and O–H groups in total. The van der Waals surface area contributed by atoms with Crippen molar-refractivity contribution in [1.82, 2.24) is 10.2 Å². The van der Waals surface area contributed by atoms with Crippen molar-refractivity contribution in [2.75, 3.05) is 26.8 Å². The Balaban J connectivity index is 2.44. The molecule has 15 heavy (non-hydrogen) atoms. The van der Waals surface area contributed by atoms with Crippen molar-refractivity contribution in [2.24, 2.45) is 0 Å². The van der Waals surface area contributed by atoms with Crippen LogP contribution in [0.15, 0.2) is 0 Å². The van der Waals surface area contributed by atoms with E-state index in [2.05, 4.69) is 38.0 Å². The molecule has 0 aliphatic carbocycles. The molecular formula is C12H26N2O. The Morgan fingerprint density at radius 1 is 1.47 bits per heavy atom. The Morgan fingerprint density at radius 2 is 2.20 bits per heavy atom. The van der Waals surface area contributed by atoms with Gasteiger partial charge in [-0.15, -0.1) is 0 Å². The van der Waals surface area contributed by atoms with Gasteiger partial charge in [0.25, 0.3) is 0 Å². The van der Waals surface area contributed by atoms with Gasteiger partial charge in [-0.3, -0.25) is 4.90 Å². The van der Waals surface area contributed by atoms with Gasteiger partial charge in [0.1, 0.15) is 0 Å². The Bertz CT molecular complexity index is 169. The van der Waals surface area contributed by atoms with E-state index < -0.39 is 0 Å². The van der Waals surface area contributed by atoms with Crippen LogP contribution in [0.3, 0.4) is 0 Å². The molecule has 0 radical (unpaired) electrons. The van der Waals surface area contributed by atoms with E-state index in [1.165, 1.54) is 12.8 Å². The van der Waals surface area contributed by atoms with Crippen molar-refractivity contribution in [1.29, 1.82) is 0 Å². The van der Waals surface area contributed by atoms with Gasteiger partial charge in [0.15, 0.2) is 0 Å². The lowest BCUT2D eigenvalue weighted by atomic mass is 10.0. The zero-order valence-electron chi connectivity index (χ0n) is 10.6. The van der Waals surface area contributed by atoms with Crippen LogP contribution < -0.4 is 5.32 Å². The molecule has 0 amide bonds. The highest BCUT2D eigenvalue weighted by atomic mass is 16.5. The Hall–Kier alpha value is -0.120. The van der Waals surface area contributed by atoms with Crippen molar-refractivity contribution in [3.8, 4) is 0 Å². The van der Waals surface area contributed by atoms with E-state index in [-0.39, 0.29) is 0 Å². The van der Waals surface area contributed by atoms with Gasteiger partial charge in [-0.25, -0.2) is 0 Å². The zero-order chi connectivity index (χ0) is 11.3. The minimum Gasteiger partial charge on any atom is -0.380 e. The topological polar surface area (TPSA) is 24.5 Å². The molecule has 0 aromatic rings. The Kier molecular flexibility index (Phi) is 5.58. The predicted molar refractivity (Wildman–Crippen MR) is 64.2 cm³/mol. The van der Waals surface area contributed by atoms with Crippen LogP contribution in [0.2, 0.25) is 0 Å². The van der Waals surface area contributed by atoms with E-state index in [0.29, 0.717) is 18.1 Å². The summed E-state index contributed by atoms with van der Waals surface area (Å²) >= 11 is 0. The molecule has 1 fully saturated rings. The van der Waals surface area contributed by atoms with Gasteiger partial charge < -0.3 is 10.1 Å². The molecule has 3 unspecified atom stereocenters. The van der Waals surface area contributed by atoms with Crippen LogP contribution in [-0.4, -0.2) is 49.8 Å². The molecule has 90 valence electrons. The summed E-state index contributed by atoms with van der Waals surface area (Å²) in [4.78, 5) is 2.48. The third kappa shape index (κ3) is 3.44. The molecule has 1 aliphatic heterocycles. The SMILES string of the molecule is CCNC(CC)C(C)N(C)C1CCOC1. The Labute approximate surface area is 94.2 Å². The number of nitrogens with zero attached hydrogens (tertiary/aromatic N) is 1. The number of likely N-dealkylation sites (N-methyl/N-ethyl adjacent to an activating group) is 2. The maximum atomic E-state index is 5.44. The lowest BCUT2D eigenvalue weighted by Gasteiger charge is -2.35. The minimum atomic E-state index is 0.585. The van der Waals surface area contributed by atoms with Crippen LogP contribution in [0.5, 0.6) is 0 Å². The molecule has 1 rings (SSSR count). The average Bonchev–Trinajstić information content (AvgIpc) is 2.77. The zero-order valence-corrected chi connectivity index (χ0v) is 10.6. The van der Waals surface area contributed by atoms with E-state index >= 15 is 0 Å². The highest BCUT2D eigenvalue weighted by Crippen LogP contribution is 2.16. The van der Waals surface area contributed by atoms with Gasteiger partial charge in [0.05, 0.1) is 6.61 Å². The average molecular weight is 214 g/mol. The van der Waals surface area contributed by atoms with Crippen LogP contribution in [0.4, 0.5) is 0 Å². The first-order valence-corrected chi connectivity index (χ1v) is 6.23. The number of nitrogens with one attached hydrogen (secondary N) is 1. The maximum Gasteiger partial charge on any atom is 0.0622 e. The van der Waals surface area contributed by atoms with Crippen LogP contribution in [-0.2, 0) is 4.74 Å². The molecule has 3 atom stereocenters. The Morgan fingerprint density at radius 3 is 2.67 bits per heavy atom. The summed E-state index contributed by atoms with van der Waals surface area (Å²) in [5, 5.41) is 3.55. The first-order valence-electron chi connectivity index (χ1n) is 6.23. The summed E-state index contributed by atoms with van der Waals surface area (Å²) in [5.74, 6) is 0. The molecule has 0 spiro atoms. The predicted octanol–water partition coefficient (Wildman–Crippen LogP) is 1.48. The van der Waals surface area contributed by atoms with E-state index in [9.17, 15) is 0 Å². The van der Waals surface area contributed by atoms with Crippen molar-refractivity contribution in [3.63, 3.8) is 0 Å². The quantitative estimate of drug-likeness (QED) is 0.725.